The van der Waals surface area contributed by atoms with Crippen LogP contribution in [0.15, 0.2) is 18.2 Å². The van der Waals surface area contributed by atoms with Crippen LogP contribution in [0.4, 0.5) is 5.69 Å². The van der Waals surface area contributed by atoms with Crippen molar-refractivity contribution in [1.82, 2.24) is 0 Å². The standard InChI is InChI=1S/C16H19NO5/c1-4-10(2)22-16(20)8-17-13-7-12(11(3)18)5-6-14(13)21-9-15(17)19/h5-7,10H,4,8-9H2,1-3H3. The molecule has 1 aliphatic heterocycles. The molecule has 2 rings (SSSR count). The van der Waals surface area contributed by atoms with Crippen molar-refractivity contribution in [3.05, 3.63) is 23.8 Å². The van der Waals surface area contributed by atoms with E-state index in [1.165, 1.54) is 11.8 Å². The summed E-state index contributed by atoms with van der Waals surface area (Å²) in [7, 11) is 0. The SMILES string of the molecule is CCC(C)OC(=O)CN1C(=O)COc2ccc(C(C)=O)cc21. The average molecular weight is 305 g/mol. The first kappa shape index (κ1) is 16.0. The van der Waals surface area contributed by atoms with Gasteiger partial charge in [-0.1, -0.05) is 6.92 Å². The highest BCUT2D eigenvalue weighted by atomic mass is 16.5. The number of ether oxygens (including phenoxy) is 2. The quantitative estimate of drug-likeness (QED) is 0.614. The maximum atomic E-state index is 12.0. The van der Waals surface area contributed by atoms with E-state index in [2.05, 4.69) is 0 Å². The van der Waals surface area contributed by atoms with Gasteiger partial charge in [-0.2, -0.15) is 0 Å². The molecule has 0 N–H and O–H groups in total. The first-order valence-electron chi connectivity index (χ1n) is 7.20. The molecule has 1 heterocycles. The number of Topliss-reactive ketones (excluding diaryl/α,β-unsaturated/α-hetero) is 1. The van der Waals surface area contributed by atoms with Gasteiger partial charge in [-0.3, -0.25) is 19.3 Å². The molecule has 0 saturated heterocycles. The molecule has 1 aliphatic rings. The summed E-state index contributed by atoms with van der Waals surface area (Å²) in [4.78, 5) is 36.8. The summed E-state index contributed by atoms with van der Waals surface area (Å²) in [5.41, 5.74) is 0.877. The van der Waals surface area contributed by atoms with Crippen molar-refractivity contribution >= 4 is 23.3 Å². The third kappa shape index (κ3) is 3.44. The fourth-order valence-corrected chi connectivity index (χ4v) is 2.07. The third-order valence-electron chi connectivity index (χ3n) is 3.50. The molecule has 0 aliphatic carbocycles. The number of ketones is 1. The molecule has 0 bridgehead atoms. The normalized spacial score (nSPS) is 14.9. The van der Waals surface area contributed by atoms with Crippen LogP contribution < -0.4 is 9.64 Å². The summed E-state index contributed by atoms with van der Waals surface area (Å²) in [5.74, 6) is -0.470. The second-order valence-corrected chi connectivity index (χ2v) is 5.22. The second-order valence-electron chi connectivity index (χ2n) is 5.22. The van der Waals surface area contributed by atoms with Crippen molar-refractivity contribution in [1.29, 1.82) is 0 Å². The van der Waals surface area contributed by atoms with Crippen LogP contribution >= 0.6 is 0 Å². The largest absolute Gasteiger partial charge is 0.482 e. The maximum absolute atomic E-state index is 12.0. The lowest BCUT2D eigenvalue weighted by Crippen LogP contribution is -2.43. The molecule has 1 unspecified atom stereocenters. The summed E-state index contributed by atoms with van der Waals surface area (Å²) >= 11 is 0. The van der Waals surface area contributed by atoms with Gasteiger partial charge >= 0.3 is 5.97 Å². The van der Waals surface area contributed by atoms with Crippen LogP contribution in [0.25, 0.3) is 0 Å². The molecule has 0 spiro atoms. The highest BCUT2D eigenvalue weighted by Gasteiger charge is 2.28. The van der Waals surface area contributed by atoms with Crippen molar-refractivity contribution in [2.24, 2.45) is 0 Å². The Hall–Kier alpha value is -2.37. The zero-order chi connectivity index (χ0) is 16.3. The summed E-state index contributed by atoms with van der Waals surface area (Å²) in [6.07, 6.45) is 0.500. The van der Waals surface area contributed by atoms with Gasteiger partial charge in [0.2, 0.25) is 0 Å². The van der Waals surface area contributed by atoms with E-state index in [1.807, 2.05) is 6.92 Å². The molecule has 6 nitrogen and oxygen atoms in total. The molecule has 0 saturated carbocycles. The van der Waals surface area contributed by atoms with Crippen LogP contribution in [0.2, 0.25) is 0 Å². The first-order valence-corrected chi connectivity index (χ1v) is 7.20. The predicted molar refractivity (Wildman–Crippen MR) is 80.1 cm³/mol. The Kier molecular flexibility index (Phi) is 4.80. The molecule has 0 fully saturated rings. The van der Waals surface area contributed by atoms with Gasteiger partial charge in [0.1, 0.15) is 12.3 Å². The zero-order valence-electron chi connectivity index (χ0n) is 12.9. The maximum Gasteiger partial charge on any atom is 0.326 e. The van der Waals surface area contributed by atoms with Gasteiger partial charge < -0.3 is 9.47 Å². The Morgan fingerprint density at radius 3 is 2.77 bits per heavy atom. The van der Waals surface area contributed by atoms with Gasteiger partial charge in [0, 0.05) is 5.56 Å². The lowest BCUT2D eigenvalue weighted by Gasteiger charge is -2.29. The fourth-order valence-electron chi connectivity index (χ4n) is 2.07. The zero-order valence-corrected chi connectivity index (χ0v) is 12.9. The van der Waals surface area contributed by atoms with Crippen molar-refractivity contribution in [2.45, 2.75) is 33.3 Å². The number of hydrogen-bond donors (Lipinski definition) is 0. The molecular weight excluding hydrogens is 286 g/mol. The van der Waals surface area contributed by atoms with Crippen LogP contribution in [-0.4, -0.2) is 36.9 Å². The van der Waals surface area contributed by atoms with Gasteiger partial charge in [0.05, 0.1) is 11.8 Å². The lowest BCUT2D eigenvalue weighted by atomic mass is 10.1. The molecule has 22 heavy (non-hydrogen) atoms. The number of amides is 1. The van der Waals surface area contributed by atoms with Crippen molar-refractivity contribution < 1.29 is 23.9 Å². The summed E-state index contributed by atoms with van der Waals surface area (Å²) in [6.45, 7) is 4.81. The lowest BCUT2D eigenvalue weighted by molar-refractivity contribution is -0.147. The number of carbonyl (C=O) groups is 3. The molecule has 0 radical (unpaired) electrons. The van der Waals surface area contributed by atoms with Gasteiger partial charge in [0.15, 0.2) is 12.4 Å². The summed E-state index contributed by atoms with van der Waals surface area (Å²) < 4.78 is 10.5. The number of esters is 1. The van der Waals surface area contributed by atoms with Crippen LogP contribution in [0.5, 0.6) is 5.75 Å². The average Bonchev–Trinajstić information content (AvgIpc) is 2.49. The van der Waals surface area contributed by atoms with E-state index < -0.39 is 5.97 Å². The summed E-state index contributed by atoms with van der Waals surface area (Å²) in [5, 5.41) is 0. The smallest absolute Gasteiger partial charge is 0.326 e. The highest BCUT2D eigenvalue weighted by Crippen LogP contribution is 2.33. The fraction of sp³-hybridized carbons (Fsp3) is 0.438. The number of hydrogen-bond acceptors (Lipinski definition) is 5. The Morgan fingerprint density at radius 2 is 2.14 bits per heavy atom. The number of anilines is 1. The van der Waals surface area contributed by atoms with Crippen LogP contribution in [-0.2, 0) is 14.3 Å². The van der Waals surface area contributed by atoms with Crippen LogP contribution in [0.3, 0.4) is 0 Å². The topological polar surface area (TPSA) is 72.9 Å². The van der Waals surface area contributed by atoms with Gasteiger partial charge in [0.25, 0.3) is 5.91 Å². The first-order chi connectivity index (χ1) is 10.4. The summed E-state index contributed by atoms with van der Waals surface area (Å²) in [6, 6.07) is 4.82. The van der Waals surface area contributed by atoms with Crippen molar-refractivity contribution in [3.63, 3.8) is 0 Å². The van der Waals surface area contributed by atoms with Gasteiger partial charge in [-0.05, 0) is 38.5 Å². The molecule has 0 aromatic heterocycles. The number of carbonyl (C=O) groups excluding carboxylic acids is 3. The Balaban J connectivity index is 2.25. The molecule has 1 amide bonds. The monoisotopic (exact) mass is 305 g/mol. The minimum absolute atomic E-state index is 0.122. The molecule has 1 aromatic rings. The number of fused-ring (bicyclic) bond motifs is 1. The molecule has 1 aromatic carbocycles. The van der Waals surface area contributed by atoms with Crippen LogP contribution in [0.1, 0.15) is 37.6 Å². The van der Waals surface area contributed by atoms with Gasteiger partial charge in [-0.25, -0.2) is 0 Å². The van der Waals surface area contributed by atoms with E-state index in [1.54, 1.807) is 25.1 Å². The van der Waals surface area contributed by atoms with E-state index in [0.29, 0.717) is 23.4 Å². The molecule has 6 heteroatoms. The minimum atomic E-state index is -0.483. The molecular formula is C16H19NO5. The Morgan fingerprint density at radius 1 is 1.41 bits per heavy atom. The molecule has 118 valence electrons. The van der Waals surface area contributed by atoms with E-state index >= 15 is 0 Å². The van der Waals surface area contributed by atoms with Crippen molar-refractivity contribution in [2.75, 3.05) is 18.1 Å². The Bertz CT molecular complexity index is 611. The highest BCUT2D eigenvalue weighted by molar-refractivity contribution is 6.03. The third-order valence-corrected chi connectivity index (χ3v) is 3.50. The van der Waals surface area contributed by atoms with Crippen LogP contribution in [0, 0.1) is 0 Å². The van der Waals surface area contributed by atoms with E-state index in [0.717, 1.165) is 0 Å². The van der Waals surface area contributed by atoms with Gasteiger partial charge in [-0.15, -0.1) is 0 Å². The Labute approximate surface area is 129 Å². The van der Waals surface area contributed by atoms with Crippen molar-refractivity contribution in [3.8, 4) is 5.75 Å². The van der Waals surface area contributed by atoms with E-state index in [4.69, 9.17) is 9.47 Å². The van der Waals surface area contributed by atoms with E-state index in [-0.39, 0.29) is 30.9 Å². The minimum Gasteiger partial charge on any atom is -0.482 e. The number of rotatable bonds is 5. The molecule has 1 atom stereocenters. The number of nitrogens with zero attached hydrogens (tertiary/aromatic N) is 1. The predicted octanol–water partition coefficient (Wildman–Crippen LogP) is 1.96. The second kappa shape index (κ2) is 6.60. The van der Waals surface area contributed by atoms with E-state index in [9.17, 15) is 14.4 Å². The number of benzene rings is 1.